The summed E-state index contributed by atoms with van der Waals surface area (Å²) in [6, 6.07) is 3.75. The molecule has 0 radical (unpaired) electrons. The molecule has 4 nitrogen and oxygen atoms in total. The van der Waals surface area contributed by atoms with Crippen molar-refractivity contribution in [2.45, 2.75) is 0 Å². The van der Waals surface area contributed by atoms with Crippen molar-refractivity contribution in [3.05, 3.63) is 29.0 Å². The minimum absolute atomic E-state index is 0.0193. The zero-order valence-electron chi connectivity index (χ0n) is 8.78. The van der Waals surface area contributed by atoms with Crippen molar-refractivity contribution in [1.29, 1.82) is 0 Å². The lowest BCUT2D eigenvalue weighted by Crippen LogP contribution is -2.22. The van der Waals surface area contributed by atoms with Gasteiger partial charge in [-0.15, -0.1) is 0 Å². The summed E-state index contributed by atoms with van der Waals surface area (Å²) in [5.74, 6) is -1.47. The first-order valence-electron chi connectivity index (χ1n) is 4.73. The van der Waals surface area contributed by atoms with Gasteiger partial charge in [-0.05, 0) is 18.2 Å². The SMILES string of the molecule is O=C(CS(=O)CCO)Nc1cc(Cl)ccc1F. The Morgan fingerprint density at radius 3 is 2.88 bits per heavy atom. The quantitative estimate of drug-likeness (QED) is 0.850. The highest BCUT2D eigenvalue weighted by molar-refractivity contribution is 7.85. The number of aliphatic hydroxyl groups excluding tert-OH is 1. The summed E-state index contributed by atoms with van der Waals surface area (Å²) in [5.41, 5.74) is -0.0523. The maximum Gasteiger partial charge on any atom is 0.237 e. The molecule has 1 aromatic rings. The van der Waals surface area contributed by atoms with Gasteiger partial charge in [-0.3, -0.25) is 9.00 Å². The minimum atomic E-state index is -1.45. The van der Waals surface area contributed by atoms with E-state index in [0.717, 1.165) is 6.07 Å². The fourth-order valence-corrected chi connectivity index (χ4v) is 1.98. The molecule has 1 rings (SSSR count). The van der Waals surface area contributed by atoms with Gasteiger partial charge in [0.05, 0.1) is 12.3 Å². The summed E-state index contributed by atoms with van der Waals surface area (Å²) in [4.78, 5) is 11.4. The molecule has 0 aromatic heterocycles. The van der Waals surface area contributed by atoms with Crippen molar-refractivity contribution in [1.82, 2.24) is 0 Å². The van der Waals surface area contributed by atoms with Crippen molar-refractivity contribution >= 4 is 34.0 Å². The highest BCUT2D eigenvalue weighted by Crippen LogP contribution is 2.19. The predicted molar refractivity (Wildman–Crippen MR) is 65.0 cm³/mol. The molecule has 1 amide bonds. The molecule has 7 heteroatoms. The van der Waals surface area contributed by atoms with E-state index in [-0.39, 0.29) is 28.8 Å². The number of benzene rings is 1. The van der Waals surface area contributed by atoms with Crippen LogP contribution in [0.3, 0.4) is 0 Å². The van der Waals surface area contributed by atoms with Crippen LogP contribution in [0, 0.1) is 5.82 Å². The van der Waals surface area contributed by atoms with Crippen LogP contribution < -0.4 is 5.32 Å². The molecule has 0 saturated heterocycles. The van der Waals surface area contributed by atoms with Crippen molar-refractivity contribution < 1.29 is 18.5 Å². The first-order chi connectivity index (χ1) is 8.02. The van der Waals surface area contributed by atoms with E-state index >= 15 is 0 Å². The third-order valence-electron chi connectivity index (χ3n) is 1.81. The van der Waals surface area contributed by atoms with Crippen LogP contribution in [0.4, 0.5) is 10.1 Å². The standard InChI is InChI=1S/C10H11ClFNO3S/c11-7-1-2-8(12)9(5-7)13-10(15)6-17(16)4-3-14/h1-2,5,14H,3-4,6H2,(H,13,15). The van der Waals surface area contributed by atoms with E-state index in [1.165, 1.54) is 12.1 Å². The molecule has 0 aliphatic heterocycles. The number of hydrogen-bond acceptors (Lipinski definition) is 3. The van der Waals surface area contributed by atoms with Gasteiger partial charge in [0.15, 0.2) is 0 Å². The van der Waals surface area contributed by atoms with Gasteiger partial charge in [0.2, 0.25) is 5.91 Å². The Balaban J connectivity index is 2.62. The smallest absolute Gasteiger partial charge is 0.237 e. The van der Waals surface area contributed by atoms with Crippen LogP contribution in [0.15, 0.2) is 18.2 Å². The zero-order chi connectivity index (χ0) is 12.8. The number of carbonyl (C=O) groups is 1. The van der Waals surface area contributed by atoms with Crippen molar-refractivity contribution in [2.24, 2.45) is 0 Å². The third-order valence-corrected chi connectivity index (χ3v) is 3.27. The maximum absolute atomic E-state index is 13.2. The second kappa shape index (κ2) is 6.68. The molecule has 0 aliphatic rings. The first-order valence-corrected chi connectivity index (χ1v) is 6.60. The van der Waals surface area contributed by atoms with Gasteiger partial charge in [-0.2, -0.15) is 0 Å². The zero-order valence-corrected chi connectivity index (χ0v) is 10.4. The molecular weight excluding hydrogens is 269 g/mol. The molecule has 0 saturated carbocycles. The Hall–Kier alpha value is -0.980. The average molecular weight is 280 g/mol. The Morgan fingerprint density at radius 2 is 2.24 bits per heavy atom. The van der Waals surface area contributed by atoms with E-state index in [1.807, 2.05) is 0 Å². The highest BCUT2D eigenvalue weighted by atomic mass is 35.5. The summed E-state index contributed by atoms with van der Waals surface area (Å²) >= 11 is 5.64. The highest BCUT2D eigenvalue weighted by Gasteiger charge is 2.10. The molecule has 1 atom stereocenters. The Labute approximate surface area is 105 Å². The molecule has 1 unspecified atom stereocenters. The van der Waals surface area contributed by atoms with Gasteiger partial charge < -0.3 is 10.4 Å². The fourth-order valence-electron chi connectivity index (χ4n) is 1.10. The number of nitrogens with one attached hydrogen (secondary N) is 1. The summed E-state index contributed by atoms with van der Waals surface area (Å²) in [6.07, 6.45) is 0. The van der Waals surface area contributed by atoms with Gasteiger partial charge in [0.1, 0.15) is 11.6 Å². The van der Waals surface area contributed by atoms with Crippen LogP contribution in [0.2, 0.25) is 5.02 Å². The number of aliphatic hydroxyl groups is 1. The topological polar surface area (TPSA) is 66.4 Å². The van der Waals surface area contributed by atoms with Gasteiger partial charge in [0.25, 0.3) is 0 Å². The minimum Gasteiger partial charge on any atom is -0.395 e. The van der Waals surface area contributed by atoms with Crippen LogP contribution >= 0.6 is 11.6 Å². The molecule has 1 aromatic carbocycles. The van der Waals surface area contributed by atoms with Crippen molar-refractivity contribution in [3.8, 4) is 0 Å². The summed E-state index contributed by atoms with van der Waals surface area (Å²) < 4.78 is 24.4. The number of amides is 1. The Bertz CT molecular complexity index is 442. The van der Waals surface area contributed by atoms with Gasteiger partial charge >= 0.3 is 0 Å². The Kier molecular flexibility index (Phi) is 5.54. The lowest BCUT2D eigenvalue weighted by Gasteiger charge is -2.06. The van der Waals surface area contributed by atoms with E-state index < -0.39 is 22.5 Å². The van der Waals surface area contributed by atoms with E-state index in [0.29, 0.717) is 0 Å². The second-order valence-electron chi connectivity index (χ2n) is 3.18. The number of anilines is 1. The normalized spacial score (nSPS) is 12.2. The summed E-state index contributed by atoms with van der Waals surface area (Å²) in [5, 5.41) is 11.1. The fraction of sp³-hybridized carbons (Fsp3) is 0.300. The van der Waals surface area contributed by atoms with E-state index in [1.54, 1.807) is 0 Å². The van der Waals surface area contributed by atoms with Crippen LogP contribution in [-0.4, -0.2) is 33.3 Å². The molecule has 0 heterocycles. The molecular formula is C10H11ClFNO3S. The molecule has 17 heavy (non-hydrogen) atoms. The van der Waals surface area contributed by atoms with Crippen LogP contribution in [-0.2, 0) is 15.6 Å². The van der Waals surface area contributed by atoms with Crippen LogP contribution in [0.5, 0.6) is 0 Å². The third kappa shape index (κ3) is 4.80. The van der Waals surface area contributed by atoms with E-state index in [2.05, 4.69) is 5.32 Å². The predicted octanol–water partition coefficient (Wildman–Crippen LogP) is 1.16. The van der Waals surface area contributed by atoms with Crippen molar-refractivity contribution in [3.63, 3.8) is 0 Å². The lowest BCUT2D eigenvalue weighted by atomic mass is 10.3. The van der Waals surface area contributed by atoms with Gasteiger partial charge in [0, 0.05) is 21.6 Å². The largest absolute Gasteiger partial charge is 0.395 e. The van der Waals surface area contributed by atoms with E-state index in [4.69, 9.17) is 16.7 Å². The first kappa shape index (κ1) is 14.1. The maximum atomic E-state index is 13.2. The van der Waals surface area contributed by atoms with E-state index in [9.17, 15) is 13.4 Å². The Morgan fingerprint density at radius 1 is 1.53 bits per heavy atom. The average Bonchev–Trinajstić information content (AvgIpc) is 2.23. The molecule has 0 bridgehead atoms. The molecule has 2 N–H and O–H groups in total. The number of carbonyl (C=O) groups excluding carboxylic acids is 1. The van der Waals surface area contributed by atoms with Crippen LogP contribution in [0.1, 0.15) is 0 Å². The number of halogens is 2. The molecule has 0 aliphatic carbocycles. The number of rotatable bonds is 5. The number of hydrogen-bond donors (Lipinski definition) is 2. The van der Waals surface area contributed by atoms with Gasteiger partial charge in [-0.25, -0.2) is 4.39 Å². The molecule has 94 valence electrons. The monoisotopic (exact) mass is 279 g/mol. The molecule has 0 fully saturated rings. The summed E-state index contributed by atoms with van der Waals surface area (Å²) in [6.45, 7) is -0.259. The lowest BCUT2D eigenvalue weighted by molar-refractivity contribution is -0.113. The van der Waals surface area contributed by atoms with Crippen LogP contribution in [0.25, 0.3) is 0 Å². The van der Waals surface area contributed by atoms with Crippen molar-refractivity contribution in [2.75, 3.05) is 23.4 Å². The van der Waals surface area contributed by atoms with Gasteiger partial charge in [-0.1, -0.05) is 11.6 Å². The summed E-state index contributed by atoms with van der Waals surface area (Å²) in [7, 11) is -1.45. The molecule has 0 spiro atoms. The second-order valence-corrected chi connectivity index (χ2v) is 5.20.